The van der Waals surface area contributed by atoms with Crippen LogP contribution in [0.2, 0.25) is 0 Å². The minimum atomic E-state index is -4.42. The van der Waals surface area contributed by atoms with Crippen molar-refractivity contribution in [1.29, 1.82) is 0 Å². The zero-order valence-corrected chi connectivity index (χ0v) is 19.5. The first-order valence-corrected chi connectivity index (χ1v) is 10.8. The second-order valence-corrected chi connectivity index (χ2v) is 6.67. The molecule has 2 N–H and O–H groups in total. The first kappa shape index (κ1) is 31.0. The Morgan fingerprint density at radius 2 is 1.12 bits per heavy atom. The summed E-state index contributed by atoms with van der Waals surface area (Å²) in [6.07, 6.45) is -7.25. The average Bonchev–Trinajstić information content (AvgIpc) is 2.81. The largest absolute Gasteiger partial charge is 0.416 e. The van der Waals surface area contributed by atoms with Gasteiger partial charge in [-0.05, 0) is 55.3 Å². The molecule has 0 saturated heterocycles. The smallest absolute Gasteiger partial charge is 0.352 e. The second kappa shape index (κ2) is 15.0. The van der Waals surface area contributed by atoms with Crippen molar-refractivity contribution >= 4 is 11.8 Å². The van der Waals surface area contributed by atoms with Gasteiger partial charge in [0.2, 0.25) is 0 Å². The lowest BCUT2D eigenvalue weighted by atomic mass is 10.1. The van der Waals surface area contributed by atoms with Crippen LogP contribution in [0.4, 0.5) is 26.3 Å². The summed E-state index contributed by atoms with van der Waals surface area (Å²) in [6.45, 7) is 8.73. The van der Waals surface area contributed by atoms with Crippen LogP contribution in [0.15, 0.2) is 48.5 Å². The molecule has 0 fully saturated rings. The van der Waals surface area contributed by atoms with Crippen molar-refractivity contribution in [2.45, 2.75) is 52.9 Å². The van der Waals surface area contributed by atoms with Gasteiger partial charge in [0.05, 0.1) is 11.1 Å². The van der Waals surface area contributed by atoms with E-state index in [1.807, 2.05) is 27.7 Å². The van der Waals surface area contributed by atoms with Crippen LogP contribution >= 0.6 is 0 Å². The van der Waals surface area contributed by atoms with Gasteiger partial charge in [-0.3, -0.25) is 9.59 Å². The van der Waals surface area contributed by atoms with E-state index in [0.717, 1.165) is 37.1 Å². The van der Waals surface area contributed by atoms with Crippen molar-refractivity contribution in [1.82, 2.24) is 10.6 Å². The minimum absolute atomic E-state index is 0.0308. The molecule has 2 aromatic carbocycles. The summed E-state index contributed by atoms with van der Waals surface area (Å²) in [6, 6.07) is 8.54. The van der Waals surface area contributed by atoms with E-state index >= 15 is 0 Å². The Morgan fingerprint density at radius 1 is 0.676 bits per heavy atom. The molecule has 0 unspecified atom stereocenters. The zero-order chi connectivity index (χ0) is 26.4. The normalized spacial score (nSPS) is 10.8. The van der Waals surface area contributed by atoms with Gasteiger partial charge in [-0.2, -0.15) is 26.3 Å². The van der Waals surface area contributed by atoms with Gasteiger partial charge in [0.25, 0.3) is 11.8 Å². The first-order chi connectivity index (χ1) is 15.9. The van der Waals surface area contributed by atoms with Crippen molar-refractivity contribution in [3.8, 4) is 0 Å². The van der Waals surface area contributed by atoms with Crippen molar-refractivity contribution < 1.29 is 35.9 Å². The predicted molar refractivity (Wildman–Crippen MR) is 119 cm³/mol. The molecule has 0 heterocycles. The Hall–Kier alpha value is -3.04. The first-order valence-electron chi connectivity index (χ1n) is 10.8. The number of amides is 2. The molecule has 0 bridgehead atoms. The molecule has 2 aromatic rings. The number of benzene rings is 2. The Kier molecular flexibility index (Phi) is 13.6. The summed E-state index contributed by atoms with van der Waals surface area (Å²) in [5.41, 5.74) is -1.29. The maximum absolute atomic E-state index is 12.4. The van der Waals surface area contributed by atoms with Gasteiger partial charge in [-0.1, -0.05) is 33.8 Å². The summed E-state index contributed by atoms with van der Waals surface area (Å²) in [4.78, 5) is 22.8. The number of nitrogens with one attached hydrogen (secondary N) is 2. The third-order valence-corrected chi connectivity index (χ3v) is 4.00. The highest BCUT2D eigenvalue weighted by atomic mass is 19.4. The second-order valence-electron chi connectivity index (χ2n) is 6.67. The van der Waals surface area contributed by atoms with Gasteiger partial charge >= 0.3 is 12.4 Å². The SMILES string of the molecule is CC.CCCNC(=O)c1ccc(C(F)(F)F)cc1.CCCNC(=O)c1cccc(C(F)(F)F)c1. The van der Waals surface area contributed by atoms with E-state index in [2.05, 4.69) is 10.6 Å². The van der Waals surface area contributed by atoms with E-state index in [1.165, 1.54) is 24.3 Å². The highest BCUT2D eigenvalue weighted by molar-refractivity contribution is 5.94. The van der Waals surface area contributed by atoms with Crippen LogP contribution in [0.5, 0.6) is 0 Å². The molecule has 0 aliphatic rings. The zero-order valence-electron chi connectivity index (χ0n) is 19.5. The standard InChI is InChI=1S/2C11H12F3NO.C2H6/c1-2-7-15-10(16)8-3-5-9(6-4-8)11(12,13)14;1-2-6-15-10(16)8-4-3-5-9(7-8)11(12,13)14;1-2/h3-6H,2,7H2,1H3,(H,15,16);3-5,7H,2,6H2,1H3,(H,15,16);1-2H3. The molecule has 0 spiro atoms. The van der Waals surface area contributed by atoms with Crippen LogP contribution in [0, 0.1) is 0 Å². The summed E-state index contributed by atoms with van der Waals surface area (Å²) < 4.78 is 73.7. The summed E-state index contributed by atoms with van der Waals surface area (Å²) >= 11 is 0. The highest BCUT2D eigenvalue weighted by Crippen LogP contribution is 2.30. The third kappa shape index (κ3) is 11.2. The molecule has 0 radical (unpaired) electrons. The molecule has 34 heavy (non-hydrogen) atoms. The summed E-state index contributed by atoms with van der Waals surface area (Å²) in [5, 5.41) is 5.11. The number of carbonyl (C=O) groups is 2. The number of hydrogen-bond acceptors (Lipinski definition) is 2. The van der Waals surface area contributed by atoms with Crippen LogP contribution in [0.1, 0.15) is 72.4 Å². The van der Waals surface area contributed by atoms with Crippen LogP contribution in [0.25, 0.3) is 0 Å². The molecule has 0 saturated carbocycles. The van der Waals surface area contributed by atoms with E-state index < -0.39 is 29.4 Å². The number of rotatable bonds is 6. The molecular weight excluding hydrogens is 462 g/mol. The molecule has 0 aromatic heterocycles. The van der Waals surface area contributed by atoms with E-state index in [-0.39, 0.29) is 17.0 Å². The molecular formula is C24H30F6N2O2. The summed E-state index contributed by atoms with van der Waals surface area (Å²) in [5.74, 6) is -0.830. The van der Waals surface area contributed by atoms with Gasteiger partial charge < -0.3 is 10.6 Å². The van der Waals surface area contributed by atoms with Crippen LogP contribution in [0.3, 0.4) is 0 Å². The monoisotopic (exact) mass is 492 g/mol. The van der Waals surface area contributed by atoms with Gasteiger partial charge in [-0.15, -0.1) is 0 Å². The summed E-state index contributed by atoms with van der Waals surface area (Å²) in [7, 11) is 0. The highest BCUT2D eigenvalue weighted by Gasteiger charge is 2.31. The topological polar surface area (TPSA) is 58.2 Å². The molecule has 190 valence electrons. The van der Waals surface area contributed by atoms with E-state index in [1.54, 1.807) is 0 Å². The molecule has 2 rings (SSSR count). The number of halogens is 6. The lowest BCUT2D eigenvalue weighted by Gasteiger charge is -2.08. The van der Waals surface area contributed by atoms with Crippen LogP contribution in [-0.2, 0) is 12.4 Å². The Balaban J connectivity index is 0.000000597. The number of hydrogen-bond donors (Lipinski definition) is 2. The fourth-order valence-corrected chi connectivity index (χ4v) is 2.33. The maximum atomic E-state index is 12.4. The van der Waals surface area contributed by atoms with E-state index in [0.29, 0.717) is 13.1 Å². The lowest BCUT2D eigenvalue weighted by Crippen LogP contribution is -2.24. The van der Waals surface area contributed by atoms with Gasteiger partial charge in [-0.25, -0.2) is 0 Å². The Bertz CT molecular complexity index is 878. The molecule has 10 heteroatoms. The number of carbonyl (C=O) groups excluding carboxylic acids is 2. The van der Waals surface area contributed by atoms with Crippen LogP contribution in [-0.4, -0.2) is 24.9 Å². The molecule has 0 aliphatic carbocycles. The third-order valence-electron chi connectivity index (χ3n) is 4.00. The van der Waals surface area contributed by atoms with Gasteiger partial charge in [0.15, 0.2) is 0 Å². The van der Waals surface area contributed by atoms with Crippen LogP contribution < -0.4 is 10.6 Å². The Labute approximate surface area is 195 Å². The average molecular weight is 493 g/mol. The maximum Gasteiger partial charge on any atom is 0.416 e. The lowest BCUT2D eigenvalue weighted by molar-refractivity contribution is -0.138. The molecule has 2 amide bonds. The fraction of sp³-hybridized carbons (Fsp3) is 0.417. The van der Waals surface area contributed by atoms with Crippen molar-refractivity contribution in [2.75, 3.05) is 13.1 Å². The minimum Gasteiger partial charge on any atom is -0.352 e. The molecule has 4 nitrogen and oxygen atoms in total. The molecule has 0 aliphatic heterocycles. The molecule has 0 atom stereocenters. The van der Waals surface area contributed by atoms with E-state index in [9.17, 15) is 35.9 Å². The number of alkyl halides is 6. The van der Waals surface area contributed by atoms with Gasteiger partial charge in [0.1, 0.15) is 0 Å². The fourth-order valence-electron chi connectivity index (χ4n) is 2.33. The van der Waals surface area contributed by atoms with Gasteiger partial charge in [0, 0.05) is 24.2 Å². The van der Waals surface area contributed by atoms with E-state index in [4.69, 9.17) is 0 Å². The quantitative estimate of drug-likeness (QED) is 0.440. The predicted octanol–water partition coefficient (Wildman–Crippen LogP) is 6.72. The Morgan fingerprint density at radius 3 is 1.53 bits per heavy atom. The van der Waals surface area contributed by atoms with Crippen molar-refractivity contribution in [2.24, 2.45) is 0 Å². The van der Waals surface area contributed by atoms with Crippen molar-refractivity contribution in [3.63, 3.8) is 0 Å². The van der Waals surface area contributed by atoms with Crippen molar-refractivity contribution in [3.05, 3.63) is 70.8 Å².